The van der Waals surface area contributed by atoms with Crippen molar-refractivity contribution >= 4 is 18.0 Å². The Morgan fingerprint density at radius 1 is 0.886 bits per heavy atom. The van der Waals surface area contributed by atoms with Gasteiger partial charge in [-0.25, -0.2) is 9.59 Å². The third kappa shape index (κ3) is 7.38. The van der Waals surface area contributed by atoms with E-state index in [-0.39, 0.29) is 24.2 Å². The number of carboxylic acid groups (broad SMARTS) is 2. The van der Waals surface area contributed by atoms with E-state index in [4.69, 9.17) is 18.9 Å². The van der Waals surface area contributed by atoms with Crippen molar-refractivity contribution in [3.05, 3.63) is 94.7 Å². The van der Waals surface area contributed by atoms with Gasteiger partial charge in [0, 0.05) is 46.9 Å². The number of hydrogen-bond acceptors (Lipinski definition) is 7. The molecular formula is C34H36N2O8. The quantitative estimate of drug-likeness (QED) is 0.150. The smallest absolute Gasteiger partial charge is 0.336 e. The fourth-order valence-electron chi connectivity index (χ4n) is 4.83. The molecule has 0 aliphatic rings. The van der Waals surface area contributed by atoms with Crippen LogP contribution >= 0.6 is 0 Å². The number of benzene rings is 3. The Bertz CT molecular complexity index is 1660. The lowest BCUT2D eigenvalue weighted by molar-refractivity contribution is -0.132. The highest BCUT2D eigenvalue weighted by Gasteiger charge is 2.21. The molecule has 1 heterocycles. The molecule has 0 radical (unpaired) electrons. The van der Waals surface area contributed by atoms with Crippen LogP contribution in [-0.2, 0) is 24.4 Å². The van der Waals surface area contributed by atoms with Gasteiger partial charge in [-0.2, -0.15) is 5.10 Å². The van der Waals surface area contributed by atoms with Crippen LogP contribution in [0.1, 0.15) is 46.8 Å². The van der Waals surface area contributed by atoms with Crippen LogP contribution in [0.2, 0.25) is 0 Å². The van der Waals surface area contributed by atoms with Crippen molar-refractivity contribution in [2.45, 2.75) is 39.3 Å². The molecule has 1 aromatic heterocycles. The highest BCUT2D eigenvalue weighted by atomic mass is 16.5. The van der Waals surface area contributed by atoms with Gasteiger partial charge in [0.2, 0.25) is 0 Å². The number of aromatic nitrogens is 2. The molecular weight excluding hydrogens is 564 g/mol. The average molecular weight is 601 g/mol. The number of aryl methyl sites for hydroxylation is 1. The lowest BCUT2D eigenvalue weighted by Gasteiger charge is -2.16. The number of ether oxygens (including phenoxy) is 4. The summed E-state index contributed by atoms with van der Waals surface area (Å²) in [6.07, 6.45) is 5.11. The lowest BCUT2D eigenvalue weighted by atomic mass is 9.99. The molecule has 0 bridgehead atoms. The molecule has 3 aromatic carbocycles. The van der Waals surface area contributed by atoms with E-state index in [1.807, 2.05) is 10.7 Å². The van der Waals surface area contributed by atoms with Crippen LogP contribution in [0, 0.1) is 0 Å². The Labute approximate surface area is 256 Å². The third-order valence-corrected chi connectivity index (χ3v) is 7.14. The number of methoxy groups -OCH3 is 3. The molecule has 0 aliphatic heterocycles. The van der Waals surface area contributed by atoms with Gasteiger partial charge in [-0.15, -0.1) is 0 Å². The van der Waals surface area contributed by atoms with E-state index in [9.17, 15) is 19.8 Å². The normalized spacial score (nSPS) is 11.2. The third-order valence-electron chi connectivity index (χ3n) is 7.14. The van der Waals surface area contributed by atoms with Crippen molar-refractivity contribution in [3.63, 3.8) is 0 Å². The first-order valence-corrected chi connectivity index (χ1v) is 14.1. The fraction of sp³-hybridized carbons (Fsp3) is 0.265. The molecule has 0 fully saturated rings. The minimum atomic E-state index is -1.08. The van der Waals surface area contributed by atoms with Gasteiger partial charge < -0.3 is 29.2 Å². The Morgan fingerprint density at radius 2 is 1.61 bits per heavy atom. The molecule has 4 rings (SSSR count). The van der Waals surface area contributed by atoms with Gasteiger partial charge in [-0.3, -0.25) is 4.68 Å². The Balaban J connectivity index is 1.82. The highest BCUT2D eigenvalue weighted by Crippen LogP contribution is 2.37. The molecule has 0 aliphatic carbocycles. The monoisotopic (exact) mass is 600 g/mol. The molecule has 230 valence electrons. The number of unbranched alkanes of at least 4 members (excludes halogenated alkanes) is 1. The number of carboxylic acids is 2. The summed E-state index contributed by atoms with van der Waals surface area (Å²) in [5.74, 6) is -0.0212. The largest absolute Gasteiger partial charge is 0.497 e. The zero-order valence-corrected chi connectivity index (χ0v) is 25.2. The predicted octanol–water partition coefficient (Wildman–Crippen LogP) is 6.36. The van der Waals surface area contributed by atoms with Crippen molar-refractivity contribution in [1.29, 1.82) is 0 Å². The summed E-state index contributed by atoms with van der Waals surface area (Å²) in [5.41, 5.74) is 3.34. The molecule has 0 atom stereocenters. The SMILES string of the molecule is CCCCn1ncc(C=C(Cc2cc(OC)ccc2OC)C(=O)O)c1-c1ccc(OC)cc1OCc1ccccc1C(=O)O. The van der Waals surface area contributed by atoms with Crippen LogP contribution in [-0.4, -0.2) is 53.3 Å². The lowest BCUT2D eigenvalue weighted by Crippen LogP contribution is -2.08. The van der Waals surface area contributed by atoms with E-state index in [2.05, 4.69) is 12.0 Å². The first kappa shape index (κ1) is 31.7. The van der Waals surface area contributed by atoms with Gasteiger partial charge in [-0.1, -0.05) is 31.5 Å². The van der Waals surface area contributed by atoms with Crippen molar-refractivity contribution in [2.75, 3.05) is 21.3 Å². The van der Waals surface area contributed by atoms with Crippen molar-refractivity contribution in [1.82, 2.24) is 9.78 Å². The minimum Gasteiger partial charge on any atom is -0.497 e. The van der Waals surface area contributed by atoms with Crippen LogP contribution in [0.4, 0.5) is 0 Å². The zero-order valence-electron chi connectivity index (χ0n) is 25.2. The van der Waals surface area contributed by atoms with E-state index >= 15 is 0 Å². The van der Waals surface area contributed by atoms with Gasteiger partial charge in [0.1, 0.15) is 29.6 Å². The van der Waals surface area contributed by atoms with Crippen molar-refractivity contribution in [2.24, 2.45) is 0 Å². The molecule has 10 nitrogen and oxygen atoms in total. The summed E-state index contributed by atoms with van der Waals surface area (Å²) in [6.45, 7) is 2.67. The van der Waals surface area contributed by atoms with Gasteiger partial charge in [0.25, 0.3) is 0 Å². The topological polar surface area (TPSA) is 129 Å². The zero-order chi connectivity index (χ0) is 31.6. The molecule has 0 saturated heterocycles. The second kappa shape index (κ2) is 14.8. The summed E-state index contributed by atoms with van der Waals surface area (Å²) in [7, 11) is 4.63. The number of aromatic carboxylic acids is 1. The van der Waals surface area contributed by atoms with E-state index in [0.29, 0.717) is 57.5 Å². The van der Waals surface area contributed by atoms with Crippen LogP contribution < -0.4 is 18.9 Å². The highest BCUT2D eigenvalue weighted by molar-refractivity contribution is 5.94. The van der Waals surface area contributed by atoms with Crippen LogP contribution in [0.5, 0.6) is 23.0 Å². The van der Waals surface area contributed by atoms with Gasteiger partial charge in [-0.05, 0) is 48.9 Å². The molecule has 0 unspecified atom stereocenters. The van der Waals surface area contributed by atoms with E-state index in [1.54, 1.807) is 75.0 Å². The standard InChI is InChI=1S/C34H36N2O8/c1-5-6-15-36-32(25(20-35-36)17-24(33(37)38)16-23-18-26(41-2)12-14-30(23)43-4)29-13-11-27(42-3)19-31(29)44-21-22-9-7-8-10-28(22)34(39)40/h7-14,17-20H,5-6,15-16,21H2,1-4H3,(H,37,38)(H,39,40). The van der Waals surface area contributed by atoms with Gasteiger partial charge >= 0.3 is 11.9 Å². The number of aliphatic carboxylic acids is 1. The molecule has 0 amide bonds. The molecule has 4 aromatic rings. The number of hydrogen-bond donors (Lipinski definition) is 2. The molecule has 0 spiro atoms. The first-order chi connectivity index (χ1) is 21.3. The Kier molecular flexibility index (Phi) is 10.6. The summed E-state index contributed by atoms with van der Waals surface area (Å²) in [5, 5.41) is 24.5. The maximum absolute atomic E-state index is 12.5. The van der Waals surface area contributed by atoms with E-state index in [0.717, 1.165) is 12.8 Å². The Morgan fingerprint density at radius 3 is 2.30 bits per heavy atom. The molecule has 0 saturated carbocycles. The van der Waals surface area contributed by atoms with Gasteiger partial charge in [0.05, 0.1) is 38.8 Å². The summed E-state index contributed by atoms with van der Waals surface area (Å²) in [4.78, 5) is 24.3. The predicted molar refractivity (Wildman–Crippen MR) is 166 cm³/mol. The summed E-state index contributed by atoms with van der Waals surface area (Å²) >= 11 is 0. The number of nitrogens with zero attached hydrogens (tertiary/aromatic N) is 2. The first-order valence-electron chi connectivity index (χ1n) is 14.1. The van der Waals surface area contributed by atoms with Gasteiger partial charge in [0.15, 0.2) is 0 Å². The Hall–Kier alpha value is -5.25. The van der Waals surface area contributed by atoms with E-state index in [1.165, 1.54) is 13.2 Å². The van der Waals surface area contributed by atoms with E-state index < -0.39 is 11.9 Å². The maximum Gasteiger partial charge on any atom is 0.336 e. The summed E-state index contributed by atoms with van der Waals surface area (Å²) in [6, 6.07) is 17.2. The number of carbonyl (C=O) groups is 2. The second-order valence-corrected chi connectivity index (χ2v) is 9.97. The fourth-order valence-corrected chi connectivity index (χ4v) is 4.83. The molecule has 2 N–H and O–H groups in total. The number of rotatable bonds is 15. The van der Waals surface area contributed by atoms with Crippen molar-refractivity contribution < 1.29 is 38.7 Å². The minimum absolute atomic E-state index is 0.00702. The summed E-state index contributed by atoms with van der Waals surface area (Å²) < 4.78 is 24.4. The molecule has 44 heavy (non-hydrogen) atoms. The van der Waals surface area contributed by atoms with Crippen LogP contribution in [0.25, 0.3) is 17.3 Å². The maximum atomic E-state index is 12.5. The van der Waals surface area contributed by atoms with Crippen LogP contribution in [0.3, 0.4) is 0 Å². The van der Waals surface area contributed by atoms with Crippen LogP contribution in [0.15, 0.2) is 72.4 Å². The van der Waals surface area contributed by atoms with Crippen molar-refractivity contribution in [3.8, 4) is 34.3 Å². The average Bonchev–Trinajstić information content (AvgIpc) is 3.43. The molecule has 10 heteroatoms. The second-order valence-electron chi connectivity index (χ2n) is 9.97.